The van der Waals surface area contributed by atoms with Crippen LogP contribution in [0, 0.1) is 11.8 Å². The zero-order chi connectivity index (χ0) is 13.1. The molecule has 0 spiro atoms. The first-order valence-electron chi connectivity index (χ1n) is 6.89. The second-order valence-corrected chi connectivity index (χ2v) is 5.82. The maximum Gasteiger partial charge on any atom is 0.127 e. The Kier molecular flexibility index (Phi) is 4.23. The van der Waals surface area contributed by atoms with Gasteiger partial charge in [0.2, 0.25) is 0 Å². The molecule has 1 aromatic rings. The molecule has 0 aliphatic heterocycles. The lowest BCUT2D eigenvalue weighted by Crippen LogP contribution is -2.20. The minimum atomic E-state index is -0.350. The van der Waals surface area contributed by atoms with Gasteiger partial charge in [0.25, 0.3) is 0 Å². The molecule has 3 unspecified atom stereocenters. The number of anilines is 1. The van der Waals surface area contributed by atoms with Crippen LogP contribution < -0.4 is 4.90 Å². The fraction of sp³-hybridized carbons (Fsp3) is 0.667. The van der Waals surface area contributed by atoms with Gasteiger partial charge < -0.3 is 10.0 Å². The molecule has 0 bridgehead atoms. The second kappa shape index (κ2) is 5.70. The molecule has 0 saturated heterocycles. The second-order valence-electron chi connectivity index (χ2n) is 5.82. The highest BCUT2D eigenvalue weighted by atomic mass is 16.3. The van der Waals surface area contributed by atoms with Gasteiger partial charge in [-0.1, -0.05) is 25.8 Å². The first-order chi connectivity index (χ1) is 8.58. The van der Waals surface area contributed by atoms with Gasteiger partial charge >= 0.3 is 0 Å². The highest BCUT2D eigenvalue weighted by Gasteiger charge is 2.26. The summed E-state index contributed by atoms with van der Waals surface area (Å²) >= 11 is 0. The van der Waals surface area contributed by atoms with E-state index in [1.54, 1.807) is 0 Å². The van der Waals surface area contributed by atoms with E-state index in [1.165, 1.54) is 12.8 Å². The number of pyridine rings is 1. The summed E-state index contributed by atoms with van der Waals surface area (Å²) in [5.41, 5.74) is 0.958. The first kappa shape index (κ1) is 13.3. The van der Waals surface area contributed by atoms with Gasteiger partial charge in [-0.2, -0.15) is 0 Å². The van der Waals surface area contributed by atoms with Crippen molar-refractivity contribution in [3.63, 3.8) is 0 Å². The number of hydrogen-bond donors (Lipinski definition) is 1. The summed E-state index contributed by atoms with van der Waals surface area (Å²) in [5, 5.41) is 10.4. The van der Waals surface area contributed by atoms with Crippen LogP contribution >= 0.6 is 0 Å². The summed E-state index contributed by atoms with van der Waals surface area (Å²) in [7, 11) is 3.95. The summed E-state index contributed by atoms with van der Waals surface area (Å²) < 4.78 is 0. The monoisotopic (exact) mass is 248 g/mol. The fourth-order valence-corrected chi connectivity index (χ4v) is 2.88. The maximum atomic E-state index is 10.4. The molecule has 0 aromatic carbocycles. The Morgan fingerprint density at radius 2 is 2.11 bits per heavy atom. The Hall–Kier alpha value is -1.09. The Labute approximate surface area is 110 Å². The first-order valence-corrected chi connectivity index (χ1v) is 6.89. The van der Waals surface area contributed by atoms with Gasteiger partial charge in [0, 0.05) is 20.3 Å². The van der Waals surface area contributed by atoms with Crippen LogP contribution in [0.25, 0.3) is 0 Å². The summed E-state index contributed by atoms with van der Waals surface area (Å²) in [6.07, 6.45) is 6.29. The molecule has 2 rings (SSSR count). The quantitative estimate of drug-likeness (QED) is 0.893. The maximum absolute atomic E-state index is 10.4. The van der Waals surface area contributed by atoms with Gasteiger partial charge in [0.05, 0.1) is 6.10 Å². The van der Waals surface area contributed by atoms with Crippen LogP contribution in [-0.4, -0.2) is 24.2 Å². The van der Waals surface area contributed by atoms with E-state index in [1.807, 2.05) is 37.3 Å². The molecule has 18 heavy (non-hydrogen) atoms. The number of aromatic nitrogens is 1. The lowest BCUT2D eigenvalue weighted by atomic mass is 9.78. The molecule has 1 aliphatic carbocycles. The van der Waals surface area contributed by atoms with E-state index < -0.39 is 0 Å². The Balaban J connectivity index is 2.05. The van der Waals surface area contributed by atoms with E-state index in [9.17, 15) is 5.11 Å². The van der Waals surface area contributed by atoms with E-state index in [2.05, 4.69) is 11.9 Å². The fourth-order valence-electron chi connectivity index (χ4n) is 2.88. The molecule has 3 atom stereocenters. The molecular formula is C15H24N2O. The molecule has 100 valence electrons. The summed E-state index contributed by atoms with van der Waals surface area (Å²) in [5.74, 6) is 2.08. The Morgan fingerprint density at radius 1 is 1.33 bits per heavy atom. The number of hydrogen-bond acceptors (Lipinski definition) is 3. The van der Waals surface area contributed by atoms with Crippen LogP contribution in [-0.2, 0) is 0 Å². The third kappa shape index (κ3) is 3.02. The lowest BCUT2D eigenvalue weighted by molar-refractivity contribution is 0.0711. The van der Waals surface area contributed by atoms with Crippen LogP contribution in [0.15, 0.2) is 18.3 Å². The average Bonchev–Trinajstić information content (AvgIpc) is 2.38. The molecule has 3 heteroatoms. The zero-order valence-electron chi connectivity index (χ0n) is 11.6. The van der Waals surface area contributed by atoms with Crippen molar-refractivity contribution in [1.29, 1.82) is 0 Å². The normalized spacial score (nSPS) is 25.8. The van der Waals surface area contributed by atoms with Crippen molar-refractivity contribution in [2.24, 2.45) is 11.8 Å². The van der Waals surface area contributed by atoms with Gasteiger partial charge in [-0.25, -0.2) is 4.98 Å². The van der Waals surface area contributed by atoms with E-state index in [0.29, 0.717) is 5.92 Å². The van der Waals surface area contributed by atoms with Crippen LogP contribution in [0.4, 0.5) is 5.82 Å². The van der Waals surface area contributed by atoms with Crippen molar-refractivity contribution in [1.82, 2.24) is 4.98 Å². The molecule has 3 nitrogen and oxygen atoms in total. The molecule has 1 saturated carbocycles. The number of rotatable bonds is 3. The Bertz CT molecular complexity index is 375. The van der Waals surface area contributed by atoms with E-state index >= 15 is 0 Å². The molecular weight excluding hydrogens is 224 g/mol. The topological polar surface area (TPSA) is 36.4 Å². The third-order valence-corrected chi connectivity index (χ3v) is 3.99. The van der Waals surface area contributed by atoms with Crippen LogP contribution in [0.1, 0.15) is 44.3 Å². The molecule has 0 radical (unpaired) electrons. The zero-order valence-corrected chi connectivity index (χ0v) is 11.6. The largest absolute Gasteiger partial charge is 0.388 e. The summed E-state index contributed by atoms with van der Waals surface area (Å²) in [6.45, 7) is 2.28. The highest BCUT2D eigenvalue weighted by Crippen LogP contribution is 2.36. The van der Waals surface area contributed by atoms with Crippen molar-refractivity contribution in [3.8, 4) is 0 Å². The van der Waals surface area contributed by atoms with E-state index in [0.717, 1.165) is 30.1 Å². The van der Waals surface area contributed by atoms with Gasteiger partial charge in [-0.05, 0) is 36.3 Å². The highest BCUT2D eigenvalue weighted by molar-refractivity contribution is 5.37. The van der Waals surface area contributed by atoms with Crippen LogP contribution in [0.5, 0.6) is 0 Å². The van der Waals surface area contributed by atoms with Crippen molar-refractivity contribution >= 4 is 5.82 Å². The minimum absolute atomic E-state index is 0.350. The van der Waals surface area contributed by atoms with Crippen LogP contribution in [0.3, 0.4) is 0 Å². The number of nitrogens with zero attached hydrogens (tertiary/aromatic N) is 2. The molecule has 1 heterocycles. The molecule has 1 aliphatic rings. The molecule has 1 N–H and O–H groups in total. The van der Waals surface area contributed by atoms with Crippen molar-refractivity contribution < 1.29 is 5.11 Å². The number of aliphatic hydroxyl groups excluding tert-OH is 1. The van der Waals surface area contributed by atoms with Crippen molar-refractivity contribution in [2.75, 3.05) is 19.0 Å². The standard InChI is InChI=1S/C15H24N2O/c1-11-5-4-6-12(9-11)15(18)13-7-8-14(16-10-13)17(2)3/h7-8,10-12,15,18H,4-6,9H2,1-3H3. The predicted octanol–water partition coefficient (Wildman–Crippen LogP) is 3.01. The smallest absolute Gasteiger partial charge is 0.127 e. The third-order valence-electron chi connectivity index (χ3n) is 3.99. The molecule has 0 amide bonds. The lowest BCUT2D eigenvalue weighted by Gasteiger charge is -2.30. The SMILES string of the molecule is CC1CCCC(C(O)c2ccc(N(C)C)nc2)C1. The van der Waals surface area contributed by atoms with Gasteiger partial charge in [-0.3, -0.25) is 0 Å². The van der Waals surface area contributed by atoms with Crippen LogP contribution in [0.2, 0.25) is 0 Å². The average molecular weight is 248 g/mol. The minimum Gasteiger partial charge on any atom is -0.388 e. The van der Waals surface area contributed by atoms with Gasteiger partial charge in [0.15, 0.2) is 0 Å². The Morgan fingerprint density at radius 3 is 2.67 bits per heavy atom. The van der Waals surface area contributed by atoms with Gasteiger partial charge in [0.1, 0.15) is 5.82 Å². The van der Waals surface area contributed by atoms with Gasteiger partial charge in [-0.15, -0.1) is 0 Å². The summed E-state index contributed by atoms with van der Waals surface area (Å²) in [6, 6.07) is 3.98. The van der Waals surface area contributed by atoms with Crippen molar-refractivity contribution in [2.45, 2.75) is 38.7 Å². The molecule has 1 fully saturated rings. The van der Waals surface area contributed by atoms with E-state index in [4.69, 9.17) is 0 Å². The predicted molar refractivity (Wildman–Crippen MR) is 74.6 cm³/mol. The van der Waals surface area contributed by atoms with Crippen molar-refractivity contribution in [3.05, 3.63) is 23.9 Å². The number of aliphatic hydroxyl groups is 1. The molecule has 1 aromatic heterocycles. The van der Waals surface area contributed by atoms with E-state index in [-0.39, 0.29) is 6.10 Å². The summed E-state index contributed by atoms with van der Waals surface area (Å²) in [4.78, 5) is 6.35.